The number of hydrogen-bond donors (Lipinski definition) is 2. The molecule has 1 unspecified atom stereocenters. The Morgan fingerprint density at radius 3 is 2.86 bits per heavy atom. The number of nitrogens with one attached hydrogen (secondary N) is 1. The zero-order chi connectivity index (χ0) is 10.7. The Balaban J connectivity index is 2.73. The first-order chi connectivity index (χ1) is 6.54. The molecule has 5 nitrogen and oxygen atoms in total. The maximum atomic E-state index is 11.2. The average molecular weight is 215 g/mol. The van der Waals surface area contributed by atoms with E-state index in [4.69, 9.17) is 4.74 Å². The van der Waals surface area contributed by atoms with Crippen LogP contribution in [-0.4, -0.2) is 28.0 Å². The summed E-state index contributed by atoms with van der Waals surface area (Å²) < 4.78 is 6.54. The summed E-state index contributed by atoms with van der Waals surface area (Å²) in [6, 6.07) is 1.65. The van der Waals surface area contributed by atoms with Crippen molar-refractivity contribution in [3.05, 3.63) is 6.07 Å². The average Bonchev–Trinajstić information content (AvgIpc) is 2.45. The quantitative estimate of drug-likeness (QED) is 0.729. The fraction of sp³-hybridized carbons (Fsp3) is 0.500. The highest BCUT2D eigenvalue weighted by molar-refractivity contribution is 7.81. The van der Waals surface area contributed by atoms with E-state index >= 15 is 0 Å². The van der Waals surface area contributed by atoms with Crippen molar-refractivity contribution >= 4 is 24.4 Å². The molecule has 14 heavy (non-hydrogen) atoms. The number of aryl methyl sites for hydroxylation is 1. The molecule has 6 heteroatoms. The summed E-state index contributed by atoms with van der Waals surface area (Å²) >= 11 is 4.00. The number of nitrogens with zero attached hydrogens (tertiary/aromatic N) is 2. The molecule has 0 saturated heterocycles. The van der Waals surface area contributed by atoms with Gasteiger partial charge in [0.15, 0.2) is 5.82 Å². The van der Waals surface area contributed by atoms with Crippen LogP contribution in [0.15, 0.2) is 6.07 Å². The highest BCUT2D eigenvalue weighted by Gasteiger charge is 2.11. The Morgan fingerprint density at radius 2 is 2.43 bits per heavy atom. The Labute approximate surface area is 87.8 Å². The largest absolute Gasteiger partial charge is 0.481 e. The number of amides is 1. The lowest BCUT2D eigenvalue weighted by Gasteiger charge is -2.02. The van der Waals surface area contributed by atoms with Crippen LogP contribution in [0.1, 0.15) is 6.92 Å². The van der Waals surface area contributed by atoms with Crippen LogP contribution in [0.5, 0.6) is 5.88 Å². The maximum Gasteiger partial charge on any atom is 0.238 e. The summed E-state index contributed by atoms with van der Waals surface area (Å²) in [4.78, 5) is 11.2. The Kier molecular flexibility index (Phi) is 3.40. The van der Waals surface area contributed by atoms with E-state index < -0.39 is 0 Å². The molecular weight excluding hydrogens is 202 g/mol. The number of carbonyl (C=O) groups is 1. The number of methoxy groups -OCH3 is 1. The summed E-state index contributed by atoms with van der Waals surface area (Å²) in [5.74, 6) is 0.872. The zero-order valence-corrected chi connectivity index (χ0v) is 9.21. The van der Waals surface area contributed by atoms with Gasteiger partial charge in [0.1, 0.15) is 0 Å². The second kappa shape index (κ2) is 4.36. The van der Waals surface area contributed by atoms with Crippen molar-refractivity contribution in [2.45, 2.75) is 12.2 Å². The molecule has 0 spiro atoms. The van der Waals surface area contributed by atoms with Crippen LogP contribution in [0.4, 0.5) is 5.82 Å². The molecule has 1 aromatic heterocycles. The molecule has 0 aromatic carbocycles. The third kappa shape index (κ3) is 2.41. The lowest BCUT2D eigenvalue weighted by Crippen LogP contribution is -2.20. The molecule has 0 saturated carbocycles. The Bertz CT molecular complexity index is 335. The van der Waals surface area contributed by atoms with Gasteiger partial charge in [-0.3, -0.25) is 4.79 Å². The summed E-state index contributed by atoms with van der Waals surface area (Å²) in [5.41, 5.74) is 0. The molecule has 1 atom stereocenters. The van der Waals surface area contributed by atoms with Crippen molar-refractivity contribution in [2.75, 3.05) is 12.4 Å². The molecule has 0 bridgehead atoms. The van der Waals surface area contributed by atoms with Crippen LogP contribution in [0.3, 0.4) is 0 Å². The van der Waals surface area contributed by atoms with Gasteiger partial charge in [0, 0.05) is 13.1 Å². The van der Waals surface area contributed by atoms with Crippen LogP contribution in [0, 0.1) is 0 Å². The number of rotatable bonds is 3. The van der Waals surface area contributed by atoms with Gasteiger partial charge in [0.25, 0.3) is 0 Å². The van der Waals surface area contributed by atoms with Gasteiger partial charge in [-0.25, -0.2) is 4.68 Å². The minimum absolute atomic E-state index is 0.186. The van der Waals surface area contributed by atoms with Crippen molar-refractivity contribution in [1.82, 2.24) is 9.78 Å². The topological polar surface area (TPSA) is 56.1 Å². The van der Waals surface area contributed by atoms with E-state index in [1.165, 1.54) is 0 Å². The fourth-order valence-electron chi connectivity index (χ4n) is 0.933. The van der Waals surface area contributed by atoms with E-state index in [1.54, 1.807) is 31.8 Å². The van der Waals surface area contributed by atoms with Crippen molar-refractivity contribution in [3.63, 3.8) is 0 Å². The van der Waals surface area contributed by atoms with Crippen LogP contribution in [-0.2, 0) is 11.8 Å². The number of anilines is 1. The van der Waals surface area contributed by atoms with Gasteiger partial charge in [0.05, 0.1) is 12.4 Å². The lowest BCUT2D eigenvalue weighted by atomic mass is 10.4. The first kappa shape index (κ1) is 10.9. The van der Waals surface area contributed by atoms with Gasteiger partial charge in [-0.15, -0.1) is 0 Å². The van der Waals surface area contributed by atoms with E-state index in [0.717, 1.165) is 0 Å². The monoisotopic (exact) mass is 215 g/mol. The molecular formula is C8H13N3O2S. The van der Waals surface area contributed by atoms with E-state index in [2.05, 4.69) is 23.0 Å². The Morgan fingerprint density at radius 1 is 1.79 bits per heavy atom. The van der Waals surface area contributed by atoms with Gasteiger partial charge >= 0.3 is 0 Å². The van der Waals surface area contributed by atoms with Gasteiger partial charge in [-0.2, -0.15) is 17.7 Å². The van der Waals surface area contributed by atoms with Crippen LogP contribution < -0.4 is 10.1 Å². The Hall–Kier alpha value is -1.17. The molecule has 1 aromatic rings. The second-order valence-electron chi connectivity index (χ2n) is 2.86. The van der Waals surface area contributed by atoms with E-state index in [1.807, 2.05) is 0 Å². The summed E-state index contributed by atoms with van der Waals surface area (Å²) in [6.07, 6.45) is 0. The van der Waals surface area contributed by atoms with Crippen LogP contribution in [0.2, 0.25) is 0 Å². The van der Waals surface area contributed by atoms with Gasteiger partial charge in [-0.05, 0) is 6.92 Å². The number of ether oxygens (including phenoxy) is 1. The molecule has 78 valence electrons. The molecule has 1 N–H and O–H groups in total. The molecule has 0 radical (unpaired) electrons. The van der Waals surface area contributed by atoms with Gasteiger partial charge < -0.3 is 10.1 Å². The predicted molar refractivity (Wildman–Crippen MR) is 56.8 cm³/mol. The number of hydrogen-bond acceptors (Lipinski definition) is 4. The molecule has 0 fully saturated rings. The third-order valence-electron chi connectivity index (χ3n) is 1.68. The van der Waals surface area contributed by atoms with Crippen molar-refractivity contribution < 1.29 is 9.53 Å². The lowest BCUT2D eigenvalue weighted by molar-refractivity contribution is -0.115. The first-order valence-electron chi connectivity index (χ1n) is 4.11. The maximum absolute atomic E-state index is 11.2. The van der Waals surface area contributed by atoms with Crippen molar-refractivity contribution in [2.24, 2.45) is 7.05 Å². The molecule has 1 amide bonds. The fourth-order valence-corrected chi connectivity index (χ4v) is 0.997. The van der Waals surface area contributed by atoms with E-state index in [9.17, 15) is 4.79 Å². The third-order valence-corrected chi connectivity index (χ3v) is 1.91. The van der Waals surface area contributed by atoms with E-state index in [0.29, 0.717) is 11.7 Å². The van der Waals surface area contributed by atoms with Crippen molar-refractivity contribution in [3.8, 4) is 5.88 Å². The first-order valence-corrected chi connectivity index (χ1v) is 4.63. The predicted octanol–water partition coefficient (Wildman–Crippen LogP) is 0.685. The number of thiol groups is 1. The highest BCUT2D eigenvalue weighted by atomic mass is 32.1. The van der Waals surface area contributed by atoms with Crippen LogP contribution in [0.25, 0.3) is 0 Å². The smallest absolute Gasteiger partial charge is 0.238 e. The number of carbonyl (C=O) groups excluding carboxylic acids is 1. The second-order valence-corrected chi connectivity index (χ2v) is 3.64. The minimum atomic E-state index is -0.358. The minimum Gasteiger partial charge on any atom is -0.481 e. The van der Waals surface area contributed by atoms with Crippen molar-refractivity contribution in [1.29, 1.82) is 0 Å². The van der Waals surface area contributed by atoms with Gasteiger partial charge in [0.2, 0.25) is 11.8 Å². The molecule has 1 rings (SSSR count). The van der Waals surface area contributed by atoms with Crippen LogP contribution >= 0.6 is 12.6 Å². The molecule has 0 aliphatic heterocycles. The number of aromatic nitrogens is 2. The zero-order valence-electron chi connectivity index (χ0n) is 8.31. The molecule has 0 aliphatic rings. The summed E-state index contributed by atoms with van der Waals surface area (Å²) in [6.45, 7) is 1.69. The highest BCUT2D eigenvalue weighted by Crippen LogP contribution is 2.15. The summed E-state index contributed by atoms with van der Waals surface area (Å²) in [5, 5.41) is 6.28. The van der Waals surface area contributed by atoms with E-state index in [-0.39, 0.29) is 11.2 Å². The summed E-state index contributed by atoms with van der Waals surface area (Å²) in [7, 11) is 3.28. The SMILES string of the molecule is COc1cc(NC(=O)C(C)S)nn1C. The molecule has 1 heterocycles. The van der Waals surface area contributed by atoms with Gasteiger partial charge in [-0.1, -0.05) is 0 Å². The molecule has 0 aliphatic carbocycles. The normalized spacial score (nSPS) is 12.3. The standard InChI is InChI=1S/C8H13N3O2S/c1-5(14)8(12)9-6-4-7(13-3)11(2)10-6/h4-5,14H,1-3H3,(H,9,10,12).